The van der Waals surface area contributed by atoms with E-state index in [1.165, 1.54) is 6.92 Å². The molecule has 0 aromatic carbocycles. The first-order valence-corrected chi connectivity index (χ1v) is 5.92. The highest BCUT2D eigenvalue weighted by atomic mass is 16.6. The molecule has 0 aliphatic rings. The van der Waals surface area contributed by atoms with Crippen molar-refractivity contribution in [3.63, 3.8) is 0 Å². The molecule has 0 saturated heterocycles. The Bertz CT molecular complexity index is 292. The van der Waals surface area contributed by atoms with Crippen LogP contribution in [-0.4, -0.2) is 37.7 Å². The fourth-order valence-electron chi connectivity index (χ4n) is 1.31. The van der Waals surface area contributed by atoms with E-state index in [4.69, 9.17) is 14.2 Å². The lowest BCUT2D eigenvalue weighted by Crippen LogP contribution is -2.41. The Morgan fingerprint density at radius 1 is 0.833 bits per heavy atom. The molecule has 0 heterocycles. The minimum atomic E-state index is -1.65. The average molecular weight is 260 g/mol. The van der Waals surface area contributed by atoms with Crippen molar-refractivity contribution < 1.29 is 28.6 Å². The Morgan fingerprint density at radius 3 is 1.56 bits per heavy atom. The maximum absolute atomic E-state index is 11.8. The molecule has 0 atom stereocenters. The van der Waals surface area contributed by atoms with E-state index in [1.54, 1.807) is 20.8 Å². The lowest BCUT2D eigenvalue weighted by molar-refractivity contribution is -0.175. The van der Waals surface area contributed by atoms with Gasteiger partial charge in [-0.2, -0.15) is 0 Å². The standard InChI is InChI=1S/C12H20O6/c1-5-16-9(13)8-12(4,10(14)17-6-2)11(15)18-7-3/h5-8H2,1-4H3. The molecule has 104 valence electrons. The number of carbonyl (C=O) groups is 3. The second kappa shape index (κ2) is 7.68. The van der Waals surface area contributed by atoms with Crippen LogP contribution in [0.25, 0.3) is 0 Å². The van der Waals surface area contributed by atoms with Crippen molar-refractivity contribution in [2.45, 2.75) is 34.1 Å². The Labute approximate surface area is 107 Å². The van der Waals surface area contributed by atoms with Crippen LogP contribution >= 0.6 is 0 Å². The molecular formula is C12H20O6. The summed E-state index contributed by atoms with van der Waals surface area (Å²) in [7, 11) is 0. The van der Waals surface area contributed by atoms with Gasteiger partial charge in [0.1, 0.15) is 0 Å². The molecule has 0 aliphatic carbocycles. The van der Waals surface area contributed by atoms with E-state index in [0.717, 1.165) is 0 Å². The SMILES string of the molecule is CCOC(=O)CC(C)(C(=O)OCC)C(=O)OCC. The second-order valence-electron chi connectivity index (χ2n) is 3.75. The van der Waals surface area contributed by atoms with Crippen LogP contribution in [0.2, 0.25) is 0 Å². The summed E-state index contributed by atoms with van der Waals surface area (Å²) in [5.41, 5.74) is -1.65. The van der Waals surface area contributed by atoms with E-state index in [0.29, 0.717) is 0 Å². The first kappa shape index (κ1) is 16.4. The third-order valence-corrected chi connectivity index (χ3v) is 2.26. The third kappa shape index (κ3) is 4.35. The highest BCUT2D eigenvalue weighted by Crippen LogP contribution is 2.26. The van der Waals surface area contributed by atoms with Crippen LogP contribution in [0.15, 0.2) is 0 Å². The average Bonchev–Trinajstić information content (AvgIpc) is 2.29. The maximum Gasteiger partial charge on any atom is 0.323 e. The number of hydrogen-bond donors (Lipinski definition) is 0. The normalized spacial score (nSPS) is 10.7. The maximum atomic E-state index is 11.8. The highest BCUT2D eigenvalue weighted by Gasteiger charge is 2.46. The van der Waals surface area contributed by atoms with Crippen LogP contribution in [0, 0.1) is 5.41 Å². The van der Waals surface area contributed by atoms with Crippen LogP contribution < -0.4 is 0 Å². The molecular weight excluding hydrogens is 240 g/mol. The summed E-state index contributed by atoms with van der Waals surface area (Å²) in [4.78, 5) is 35.0. The summed E-state index contributed by atoms with van der Waals surface area (Å²) in [6.45, 7) is 6.62. The minimum Gasteiger partial charge on any atom is -0.466 e. The molecule has 0 spiro atoms. The van der Waals surface area contributed by atoms with Crippen LogP contribution in [0.4, 0.5) is 0 Å². The van der Waals surface area contributed by atoms with E-state index in [2.05, 4.69) is 0 Å². The van der Waals surface area contributed by atoms with Gasteiger partial charge in [-0.05, 0) is 27.7 Å². The fraction of sp³-hybridized carbons (Fsp3) is 0.750. The lowest BCUT2D eigenvalue weighted by atomic mass is 9.87. The van der Waals surface area contributed by atoms with Gasteiger partial charge >= 0.3 is 17.9 Å². The van der Waals surface area contributed by atoms with Gasteiger partial charge < -0.3 is 14.2 Å². The molecule has 0 radical (unpaired) electrons. The molecule has 6 heteroatoms. The first-order valence-electron chi connectivity index (χ1n) is 5.92. The summed E-state index contributed by atoms with van der Waals surface area (Å²) in [5, 5.41) is 0. The number of rotatable bonds is 7. The Hall–Kier alpha value is -1.59. The van der Waals surface area contributed by atoms with E-state index in [-0.39, 0.29) is 19.8 Å². The summed E-state index contributed by atoms with van der Waals surface area (Å²) in [6.07, 6.45) is -0.390. The summed E-state index contributed by atoms with van der Waals surface area (Å²) >= 11 is 0. The summed E-state index contributed by atoms with van der Waals surface area (Å²) < 4.78 is 14.4. The number of esters is 3. The largest absolute Gasteiger partial charge is 0.466 e. The topological polar surface area (TPSA) is 78.9 Å². The zero-order chi connectivity index (χ0) is 14.2. The monoisotopic (exact) mass is 260 g/mol. The van der Waals surface area contributed by atoms with Gasteiger partial charge in [0, 0.05) is 0 Å². The smallest absolute Gasteiger partial charge is 0.323 e. The fourth-order valence-corrected chi connectivity index (χ4v) is 1.31. The molecule has 0 unspecified atom stereocenters. The molecule has 0 aromatic rings. The zero-order valence-electron chi connectivity index (χ0n) is 11.3. The molecule has 0 rings (SSSR count). The van der Waals surface area contributed by atoms with Crippen molar-refractivity contribution >= 4 is 17.9 Å². The van der Waals surface area contributed by atoms with Crippen molar-refractivity contribution in [2.75, 3.05) is 19.8 Å². The molecule has 6 nitrogen and oxygen atoms in total. The van der Waals surface area contributed by atoms with Gasteiger partial charge in [0.25, 0.3) is 0 Å². The zero-order valence-corrected chi connectivity index (χ0v) is 11.3. The molecule has 0 fully saturated rings. The molecule has 0 aliphatic heterocycles. The minimum absolute atomic E-state index is 0.122. The first-order chi connectivity index (χ1) is 8.42. The predicted molar refractivity (Wildman–Crippen MR) is 62.6 cm³/mol. The number of ether oxygens (including phenoxy) is 3. The Kier molecular flexibility index (Phi) is 7.00. The van der Waals surface area contributed by atoms with E-state index < -0.39 is 29.7 Å². The van der Waals surface area contributed by atoms with E-state index >= 15 is 0 Å². The molecule has 0 bridgehead atoms. The van der Waals surface area contributed by atoms with Crippen molar-refractivity contribution in [2.24, 2.45) is 5.41 Å². The van der Waals surface area contributed by atoms with Crippen molar-refractivity contribution in [1.82, 2.24) is 0 Å². The predicted octanol–water partition coefficient (Wildman–Crippen LogP) is 1.07. The number of hydrogen-bond acceptors (Lipinski definition) is 6. The van der Waals surface area contributed by atoms with Crippen LogP contribution in [-0.2, 0) is 28.6 Å². The van der Waals surface area contributed by atoms with Gasteiger partial charge in [0.15, 0.2) is 5.41 Å². The molecule has 0 N–H and O–H groups in total. The lowest BCUT2D eigenvalue weighted by Gasteiger charge is -2.23. The Balaban J connectivity index is 4.96. The van der Waals surface area contributed by atoms with Crippen molar-refractivity contribution in [3.05, 3.63) is 0 Å². The third-order valence-electron chi connectivity index (χ3n) is 2.26. The summed E-state index contributed by atoms with van der Waals surface area (Å²) in [5.74, 6) is -2.20. The highest BCUT2D eigenvalue weighted by molar-refractivity contribution is 6.02. The van der Waals surface area contributed by atoms with Gasteiger partial charge in [0.05, 0.1) is 26.2 Å². The van der Waals surface area contributed by atoms with Crippen LogP contribution in [0.3, 0.4) is 0 Å². The van der Waals surface area contributed by atoms with Crippen molar-refractivity contribution in [3.8, 4) is 0 Å². The molecule has 0 amide bonds. The second-order valence-corrected chi connectivity index (χ2v) is 3.75. The van der Waals surface area contributed by atoms with Crippen LogP contribution in [0.5, 0.6) is 0 Å². The number of carbonyl (C=O) groups excluding carboxylic acids is 3. The molecule has 18 heavy (non-hydrogen) atoms. The quantitative estimate of drug-likeness (QED) is 0.387. The van der Waals surface area contributed by atoms with Gasteiger partial charge in [-0.1, -0.05) is 0 Å². The van der Waals surface area contributed by atoms with Crippen LogP contribution in [0.1, 0.15) is 34.1 Å². The Morgan fingerprint density at radius 2 is 1.22 bits per heavy atom. The molecule has 0 aromatic heterocycles. The van der Waals surface area contributed by atoms with Gasteiger partial charge in [-0.3, -0.25) is 14.4 Å². The summed E-state index contributed by atoms with van der Waals surface area (Å²) in [6, 6.07) is 0. The van der Waals surface area contributed by atoms with E-state index in [9.17, 15) is 14.4 Å². The van der Waals surface area contributed by atoms with Gasteiger partial charge in [0.2, 0.25) is 0 Å². The van der Waals surface area contributed by atoms with Gasteiger partial charge in [-0.15, -0.1) is 0 Å². The van der Waals surface area contributed by atoms with E-state index in [1.807, 2.05) is 0 Å². The van der Waals surface area contributed by atoms with Crippen molar-refractivity contribution in [1.29, 1.82) is 0 Å². The van der Waals surface area contributed by atoms with Gasteiger partial charge in [-0.25, -0.2) is 0 Å². The molecule has 0 saturated carbocycles.